The van der Waals surface area contributed by atoms with Crippen LogP contribution in [0.1, 0.15) is 17.3 Å². The highest BCUT2D eigenvalue weighted by molar-refractivity contribution is 6.42. The zero-order valence-corrected chi connectivity index (χ0v) is 14.8. The monoisotopic (exact) mass is 372 g/mol. The minimum atomic E-state index is 0.0237. The third kappa shape index (κ3) is 4.47. The fourth-order valence-corrected chi connectivity index (χ4v) is 2.43. The van der Waals surface area contributed by atoms with Gasteiger partial charge >= 0.3 is 0 Å². The van der Waals surface area contributed by atoms with E-state index in [9.17, 15) is 4.79 Å². The first kappa shape index (κ1) is 17.2. The van der Waals surface area contributed by atoms with E-state index in [-0.39, 0.29) is 5.78 Å². The number of ketones is 1. The van der Waals surface area contributed by atoms with Crippen molar-refractivity contribution in [2.45, 2.75) is 6.92 Å². The first-order valence-corrected chi connectivity index (χ1v) is 8.20. The van der Waals surface area contributed by atoms with Crippen LogP contribution in [0.3, 0.4) is 0 Å². The molecule has 0 fully saturated rings. The summed E-state index contributed by atoms with van der Waals surface area (Å²) in [6.45, 7) is 1.53. The highest BCUT2D eigenvalue weighted by atomic mass is 35.5. The van der Waals surface area contributed by atoms with E-state index in [4.69, 9.17) is 23.2 Å². The number of Topliss-reactive ketones (excluding diaryl/α,β-unsaturated/α-hetero) is 1. The summed E-state index contributed by atoms with van der Waals surface area (Å²) in [4.78, 5) is 19.9. The van der Waals surface area contributed by atoms with Crippen LogP contribution in [0.5, 0.6) is 0 Å². The second-order valence-electron chi connectivity index (χ2n) is 5.28. The van der Waals surface area contributed by atoms with Crippen molar-refractivity contribution in [2.75, 3.05) is 10.6 Å². The molecule has 1 aromatic heterocycles. The number of nitrogens with one attached hydrogen (secondary N) is 2. The number of carbonyl (C=O) groups is 1. The summed E-state index contributed by atoms with van der Waals surface area (Å²) in [6.07, 6.45) is 1.64. The summed E-state index contributed by atoms with van der Waals surface area (Å²) in [5.74, 6) is 1.06. The number of nitrogens with zero attached hydrogens (tertiary/aromatic N) is 2. The first-order chi connectivity index (χ1) is 12.0. The molecule has 0 aliphatic rings. The Kier molecular flexibility index (Phi) is 5.16. The molecule has 0 amide bonds. The van der Waals surface area contributed by atoms with Crippen molar-refractivity contribution in [1.82, 2.24) is 9.97 Å². The van der Waals surface area contributed by atoms with Crippen molar-refractivity contribution < 1.29 is 4.79 Å². The Hall–Kier alpha value is -2.63. The average molecular weight is 373 g/mol. The molecule has 25 heavy (non-hydrogen) atoms. The molecule has 2 aromatic carbocycles. The van der Waals surface area contributed by atoms with E-state index in [0.29, 0.717) is 27.4 Å². The standard InChI is InChI=1S/C18H14Cl2N4O/c1-11(25)12-2-4-13(5-3-12)23-18-21-9-8-17(24-18)22-14-6-7-15(19)16(20)10-14/h2-10H,1H3,(H2,21,22,23,24). The molecule has 3 rings (SSSR count). The van der Waals surface area contributed by atoms with Gasteiger partial charge in [-0.2, -0.15) is 4.98 Å². The maximum Gasteiger partial charge on any atom is 0.229 e. The second kappa shape index (κ2) is 7.51. The topological polar surface area (TPSA) is 66.9 Å². The van der Waals surface area contributed by atoms with Gasteiger partial charge in [-0.25, -0.2) is 4.98 Å². The van der Waals surface area contributed by atoms with Crippen molar-refractivity contribution in [1.29, 1.82) is 0 Å². The van der Waals surface area contributed by atoms with Crippen LogP contribution >= 0.6 is 23.2 Å². The van der Waals surface area contributed by atoms with Crippen LogP contribution in [0.4, 0.5) is 23.1 Å². The van der Waals surface area contributed by atoms with Gasteiger partial charge in [-0.1, -0.05) is 23.2 Å². The van der Waals surface area contributed by atoms with Crippen LogP contribution in [0.15, 0.2) is 54.7 Å². The summed E-state index contributed by atoms with van der Waals surface area (Å²) in [6, 6.07) is 14.1. The van der Waals surface area contributed by atoms with Gasteiger partial charge in [0.15, 0.2) is 5.78 Å². The van der Waals surface area contributed by atoms with E-state index in [0.717, 1.165) is 11.4 Å². The quantitative estimate of drug-likeness (QED) is 0.580. The number of anilines is 4. The van der Waals surface area contributed by atoms with Gasteiger partial charge in [0, 0.05) is 23.1 Å². The molecular formula is C18H14Cl2N4O. The molecule has 0 spiro atoms. The number of hydrogen-bond acceptors (Lipinski definition) is 5. The summed E-state index contributed by atoms with van der Waals surface area (Å²) >= 11 is 11.9. The molecule has 0 atom stereocenters. The Bertz CT molecular complexity index is 913. The molecule has 0 unspecified atom stereocenters. The maximum atomic E-state index is 11.3. The predicted octanol–water partition coefficient (Wildman–Crippen LogP) is 5.47. The lowest BCUT2D eigenvalue weighted by molar-refractivity contribution is 0.101. The molecule has 0 radical (unpaired) electrons. The maximum absolute atomic E-state index is 11.3. The lowest BCUT2D eigenvalue weighted by Gasteiger charge is -2.09. The van der Waals surface area contributed by atoms with Gasteiger partial charge in [-0.3, -0.25) is 4.79 Å². The van der Waals surface area contributed by atoms with Crippen molar-refractivity contribution in [3.63, 3.8) is 0 Å². The van der Waals surface area contributed by atoms with Crippen molar-refractivity contribution >= 4 is 52.1 Å². The zero-order valence-electron chi connectivity index (χ0n) is 13.3. The molecule has 0 saturated carbocycles. The van der Waals surface area contributed by atoms with Crippen molar-refractivity contribution in [3.8, 4) is 0 Å². The van der Waals surface area contributed by atoms with Crippen LogP contribution < -0.4 is 10.6 Å². The van der Waals surface area contributed by atoms with E-state index in [1.807, 2.05) is 6.07 Å². The van der Waals surface area contributed by atoms with E-state index in [1.54, 1.807) is 48.7 Å². The molecule has 0 bridgehead atoms. The first-order valence-electron chi connectivity index (χ1n) is 7.44. The molecule has 7 heteroatoms. The minimum absolute atomic E-state index is 0.0237. The van der Waals surface area contributed by atoms with Gasteiger partial charge < -0.3 is 10.6 Å². The largest absolute Gasteiger partial charge is 0.340 e. The number of carbonyl (C=O) groups excluding carboxylic acids is 1. The smallest absolute Gasteiger partial charge is 0.229 e. The lowest BCUT2D eigenvalue weighted by Crippen LogP contribution is -2.01. The van der Waals surface area contributed by atoms with Crippen molar-refractivity contribution in [2.24, 2.45) is 0 Å². The predicted molar refractivity (Wildman–Crippen MR) is 102 cm³/mol. The molecule has 3 aromatic rings. The molecule has 0 saturated heterocycles. The van der Waals surface area contributed by atoms with Gasteiger partial charge in [-0.05, 0) is 55.5 Å². The van der Waals surface area contributed by atoms with E-state index >= 15 is 0 Å². The van der Waals surface area contributed by atoms with Gasteiger partial charge in [0.25, 0.3) is 0 Å². The summed E-state index contributed by atoms with van der Waals surface area (Å²) in [7, 11) is 0. The SMILES string of the molecule is CC(=O)c1ccc(Nc2nccc(Nc3ccc(Cl)c(Cl)c3)n2)cc1. The van der Waals surface area contributed by atoms with Crippen LogP contribution in [0, 0.1) is 0 Å². The molecule has 5 nitrogen and oxygen atoms in total. The van der Waals surface area contributed by atoms with Crippen LogP contribution in [-0.4, -0.2) is 15.8 Å². The Balaban J connectivity index is 1.74. The van der Waals surface area contributed by atoms with Gasteiger partial charge in [0.2, 0.25) is 5.95 Å². The number of hydrogen-bond donors (Lipinski definition) is 2. The summed E-state index contributed by atoms with van der Waals surface area (Å²) in [5.41, 5.74) is 2.21. The van der Waals surface area contributed by atoms with E-state index in [1.165, 1.54) is 6.92 Å². The number of halogens is 2. The third-order valence-electron chi connectivity index (χ3n) is 3.40. The van der Waals surface area contributed by atoms with Gasteiger partial charge in [0.1, 0.15) is 5.82 Å². The summed E-state index contributed by atoms with van der Waals surface area (Å²) in [5, 5.41) is 7.19. The zero-order chi connectivity index (χ0) is 17.8. The van der Waals surface area contributed by atoms with E-state index < -0.39 is 0 Å². The van der Waals surface area contributed by atoms with Crippen LogP contribution in [0.2, 0.25) is 10.0 Å². The van der Waals surface area contributed by atoms with Crippen molar-refractivity contribution in [3.05, 3.63) is 70.3 Å². The molecule has 1 heterocycles. The van der Waals surface area contributed by atoms with Crippen LogP contribution in [0.25, 0.3) is 0 Å². The number of rotatable bonds is 5. The van der Waals surface area contributed by atoms with E-state index in [2.05, 4.69) is 20.6 Å². The highest BCUT2D eigenvalue weighted by Crippen LogP contribution is 2.26. The lowest BCUT2D eigenvalue weighted by atomic mass is 10.1. The fourth-order valence-electron chi connectivity index (χ4n) is 2.13. The fraction of sp³-hybridized carbons (Fsp3) is 0.0556. The van der Waals surface area contributed by atoms with Gasteiger partial charge in [0.05, 0.1) is 10.0 Å². The molecule has 0 aliphatic carbocycles. The van der Waals surface area contributed by atoms with Crippen LogP contribution in [-0.2, 0) is 0 Å². The molecule has 2 N–H and O–H groups in total. The Labute approximate surface area is 155 Å². The Morgan fingerprint density at radius 1 is 0.920 bits per heavy atom. The Morgan fingerprint density at radius 2 is 1.64 bits per heavy atom. The molecule has 126 valence electrons. The number of aromatic nitrogens is 2. The highest BCUT2D eigenvalue weighted by Gasteiger charge is 2.04. The average Bonchev–Trinajstić information content (AvgIpc) is 2.59. The molecule has 0 aliphatic heterocycles. The Morgan fingerprint density at radius 3 is 2.32 bits per heavy atom. The van der Waals surface area contributed by atoms with Gasteiger partial charge in [-0.15, -0.1) is 0 Å². The molecular weight excluding hydrogens is 359 g/mol. The minimum Gasteiger partial charge on any atom is -0.340 e. The third-order valence-corrected chi connectivity index (χ3v) is 4.13. The number of benzene rings is 2. The summed E-state index contributed by atoms with van der Waals surface area (Å²) < 4.78 is 0. The second-order valence-corrected chi connectivity index (χ2v) is 6.09. The normalized spacial score (nSPS) is 10.4.